The maximum atomic E-state index is 13.0. The Kier molecular flexibility index (Phi) is 6.13. The van der Waals surface area contributed by atoms with Crippen molar-refractivity contribution >= 4 is 28.8 Å². The van der Waals surface area contributed by atoms with Crippen molar-refractivity contribution in [1.82, 2.24) is 4.90 Å². The highest BCUT2D eigenvalue weighted by atomic mass is 32.2. The van der Waals surface area contributed by atoms with Gasteiger partial charge >= 0.3 is 5.97 Å². The van der Waals surface area contributed by atoms with Crippen LogP contribution < -0.4 is 4.74 Å². The Morgan fingerprint density at radius 2 is 1.96 bits per heavy atom. The molecule has 1 saturated heterocycles. The molecule has 2 heterocycles. The van der Waals surface area contributed by atoms with E-state index in [0.29, 0.717) is 35.2 Å². The maximum Gasteiger partial charge on any atom is 0.338 e. The summed E-state index contributed by atoms with van der Waals surface area (Å²) in [4.78, 5) is 32.2. The van der Waals surface area contributed by atoms with Gasteiger partial charge in [0.05, 0.1) is 36.3 Å². The highest BCUT2D eigenvalue weighted by molar-refractivity contribution is 8.15. The quantitative estimate of drug-likeness (QED) is 0.675. The number of carbonyl (C=O) groups excluding carboxylic acids is 2. The first-order chi connectivity index (χ1) is 13.4. The number of hydrogen-bond donors (Lipinski definition) is 0. The number of rotatable bonds is 6. The lowest BCUT2D eigenvalue weighted by atomic mass is 9.94. The van der Waals surface area contributed by atoms with E-state index >= 15 is 0 Å². The summed E-state index contributed by atoms with van der Waals surface area (Å²) in [7, 11) is 1.60. The molecule has 3 rings (SSSR count). The van der Waals surface area contributed by atoms with Crippen molar-refractivity contribution in [3.05, 3.63) is 41.1 Å². The van der Waals surface area contributed by atoms with E-state index in [0.717, 1.165) is 5.56 Å². The predicted octanol–water partition coefficient (Wildman–Crippen LogP) is 3.93. The fourth-order valence-electron chi connectivity index (χ4n) is 3.27. The summed E-state index contributed by atoms with van der Waals surface area (Å²) in [6, 6.07) is 6.88. The number of allylic oxidation sites excluding steroid dienone is 1. The van der Waals surface area contributed by atoms with Gasteiger partial charge in [-0.3, -0.25) is 9.69 Å². The summed E-state index contributed by atoms with van der Waals surface area (Å²) in [5, 5.41) is 0.467. The van der Waals surface area contributed by atoms with Gasteiger partial charge in [0.25, 0.3) is 0 Å². The lowest BCUT2D eigenvalue weighted by molar-refractivity contribution is -0.141. The minimum absolute atomic E-state index is 0.0197. The van der Waals surface area contributed by atoms with E-state index in [9.17, 15) is 9.59 Å². The van der Waals surface area contributed by atoms with Crippen molar-refractivity contribution < 1.29 is 19.1 Å². The molecular weight excluding hydrogens is 376 g/mol. The van der Waals surface area contributed by atoms with Crippen LogP contribution in [0.5, 0.6) is 5.75 Å². The van der Waals surface area contributed by atoms with Crippen LogP contribution in [-0.4, -0.2) is 40.9 Å². The van der Waals surface area contributed by atoms with Gasteiger partial charge in [-0.05, 0) is 37.0 Å². The van der Waals surface area contributed by atoms with Crippen molar-refractivity contribution in [1.29, 1.82) is 0 Å². The van der Waals surface area contributed by atoms with Crippen molar-refractivity contribution in [2.75, 3.05) is 13.7 Å². The predicted molar refractivity (Wildman–Crippen MR) is 110 cm³/mol. The van der Waals surface area contributed by atoms with E-state index in [4.69, 9.17) is 9.47 Å². The fourth-order valence-corrected chi connectivity index (χ4v) is 4.41. The average Bonchev–Trinajstić information content (AvgIpc) is 3.00. The first-order valence-electron chi connectivity index (χ1n) is 9.47. The van der Waals surface area contributed by atoms with Crippen LogP contribution in [0.3, 0.4) is 0 Å². The van der Waals surface area contributed by atoms with Crippen LogP contribution in [0.4, 0.5) is 0 Å². The second-order valence-corrected chi connectivity index (χ2v) is 8.45. The third-order valence-corrected chi connectivity index (χ3v) is 6.04. The highest BCUT2D eigenvalue weighted by Crippen LogP contribution is 2.44. The second-order valence-electron chi connectivity index (χ2n) is 7.28. The third kappa shape index (κ3) is 3.81. The standard InChI is InChI=1S/C21H26N2O4S/c1-6-16-19(24)23-18(14-7-9-15(26-5)10-8-14)17(13(4)22-21(23)28-16)20(25)27-11-12(2)3/h7-10,12,16,18H,6,11H2,1-5H3/t16-,18+/m1/s1. The number of nitrogens with zero attached hydrogens (tertiary/aromatic N) is 2. The molecule has 150 valence electrons. The number of amides is 1. The van der Waals surface area contributed by atoms with Gasteiger partial charge in [-0.25, -0.2) is 9.79 Å². The lowest BCUT2D eigenvalue weighted by Crippen LogP contribution is -2.40. The van der Waals surface area contributed by atoms with Gasteiger partial charge in [0.2, 0.25) is 5.91 Å². The minimum atomic E-state index is -0.547. The number of carbonyl (C=O) groups is 2. The van der Waals surface area contributed by atoms with Crippen LogP contribution in [0.1, 0.15) is 45.7 Å². The molecule has 2 aliphatic rings. The van der Waals surface area contributed by atoms with E-state index in [1.165, 1.54) is 11.8 Å². The molecule has 0 aliphatic carbocycles. The van der Waals surface area contributed by atoms with Gasteiger partial charge < -0.3 is 9.47 Å². The van der Waals surface area contributed by atoms with Crippen molar-refractivity contribution in [2.24, 2.45) is 10.9 Å². The molecule has 0 spiro atoms. The zero-order chi connectivity index (χ0) is 20.4. The molecule has 1 fully saturated rings. The first kappa shape index (κ1) is 20.5. The molecule has 0 bridgehead atoms. The first-order valence-corrected chi connectivity index (χ1v) is 10.4. The zero-order valence-electron chi connectivity index (χ0n) is 16.9. The smallest absolute Gasteiger partial charge is 0.338 e. The molecule has 28 heavy (non-hydrogen) atoms. The molecule has 7 heteroatoms. The van der Waals surface area contributed by atoms with Crippen molar-refractivity contribution in [3.63, 3.8) is 0 Å². The van der Waals surface area contributed by atoms with Gasteiger partial charge in [0.15, 0.2) is 5.17 Å². The average molecular weight is 403 g/mol. The van der Waals surface area contributed by atoms with E-state index in [2.05, 4.69) is 4.99 Å². The molecule has 0 N–H and O–H groups in total. The number of hydrogen-bond acceptors (Lipinski definition) is 6. The summed E-state index contributed by atoms with van der Waals surface area (Å²) >= 11 is 1.46. The number of amidine groups is 1. The SMILES string of the molecule is CC[C@H]1SC2=NC(C)=C(C(=O)OCC(C)C)[C@H](c3ccc(OC)cc3)N2C1=O. The van der Waals surface area contributed by atoms with Crippen molar-refractivity contribution in [2.45, 2.75) is 45.4 Å². The molecule has 0 aromatic heterocycles. The normalized spacial score (nSPS) is 21.7. The molecule has 0 saturated carbocycles. The van der Waals surface area contributed by atoms with E-state index in [-0.39, 0.29) is 17.1 Å². The Morgan fingerprint density at radius 1 is 1.29 bits per heavy atom. The molecule has 6 nitrogen and oxygen atoms in total. The molecule has 2 atom stereocenters. The summed E-state index contributed by atoms with van der Waals surface area (Å²) in [6.45, 7) is 8.08. The molecule has 0 unspecified atom stereocenters. The Labute approximate surface area is 170 Å². The number of benzene rings is 1. The zero-order valence-corrected chi connectivity index (χ0v) is 17.7. The third-order valence-electron chi connectivity index (χ3n) is 4.72. The Hall–Kier alpha value is -2.28. The van der Waals surface area contributed by atoms with E-state index < -0.39 is 12.0 Å². The topological polar surface area (TPSA) is 68.2 Å². The van der Waals surface area contributed by atoms with Gasteiger partial charge in [0.1, 0.15) is 5.75 Å². The molecule has 1 aromatic rings. The largest absolute Gasteiger partial charge is 0.497 e. The lowest BCUT2D eigenvalue weighted by Gasteiger charge is -2.33. The minimum Gasteiger partial charge on any atom is -0.497 e. The number of aliphatic imine (C=N–C) groups is 1. The summed E-state index contributed by atoms with van der Waals surface area (Å²) < 4.78 is 10.8. The molecular formula is C21H26N2O4S. The van der Waals surface area contributed by atoms with Crippen molar-refractivity contribution in [3.8, 4) is 5.75 Å². The number of esters is 1. The van der Waals surface area contributed by atoms with Gasteiger partial charge in [-0.1, -0.05) is 44.7 Å². The number of fused-ring (bicyclic) bond motifs is 1. The molecule has 1 aromatic carbocycles. The van der Waals surface area contributed by atoms with Crippen LogP contribution >= 0.6 is 11.8 Å². The van der Waals surface area contributed by atoms with E-state index in [1.54, 1.807) is 18.9 Å². The Bertz CT molecular complexity index is 829. The monoisotopic (exact) mass is 402 g/mol. The molecule has 2 aliphatic heterocycles. The fraction of sp³-hybridized carbons (Fsp3) is 0.476. The summed E-state index contributed by atoms with van der Waals surface area (Å²) in [6.07, 6.45) is 0.709. The van der Waals surface area contributed by atoms with Crippen LogP contribution in [-0.2, 0) is 14.3 Å². The van der Waals surface area contributed by atoms with E-state index in [1.807, 2.05) is 45.0 Å². The van der Waals surface area contributed by atoms with Crippen LogP contribution in [0.25, 0.3) is 0 Å². The molecule has 0 radical (unpaired) electrons. The summed E-state index contributed by atoms with van der Waals surface area (Å²) in [5.74, 6) is 0.494. The van der Waals surface area contributed by atoms with Gasteiger partial charge in [-0.15, -0.1) is 0 Å². The highest BCUT2D eigenvalue weighted by Gasteiger charge is 2.47. The summed E-state index contributed by atoms with van der Waals surface area (Å²) in [5.41, 5.74) is 1.84. The Morgan fingerprint density at radius 3 is 2.54 bits per heavy atom. The Balaban J connectivity index is 2.05. The maximum absolute atomic E-state index is 13.0. The molecule has 1 amide bonds. The number of thioether (sulfide) groups is 1. The van der Waals surface area contributed by atoms with Crippen LogP contribution in [0.2, 0.25) is 0 Å². The second kappa shape index (κ2) is 8.39. The van der Waals surface area contributed by atoms with Crippen LogP contribution in [0, 0.1) is 5.92 Å². The van der Waals surface area contributed by atoms with Gasteiger partial charge in [-0.2, -0.15) is 0 Å². The number of ether oxygens (including phenoxy) is 2. The van der Waals surface area contributed by atoms with Crippen LogP contribution in [0.15, 0.2) is 40.5 Å². The number of methoxy groups -OCH3 is 1. The van der Waals surface area contributed by atoms with Gasteiger partial charge in [0, 0.05) is 0 Å².